The highest BCUT2D eigenvalue weighted by Gasteiger charge is 2.27. The minimum atomic E-state index is -3.90. The van der Waals surface area contributed by atoms with Gasteiger partial charge in [0.15, 0.2) is 5.78 Å². The molecule has 1 aliphatic carbocycles. The Morgan fingerprint density at radius 2 is 1.64 bits per heavy atom. The van der Waals surface area contributed by atoms with E-state index in [0.29, 0.717) is 35.3 Å². The van der Waals surface area contributed by atoms with Crippen LogP contribution >= 0.6 is 0 Å². The molecule has 0 amide bonds. The monoisotopic (exact) mass is 316 g/mol. The highest BCUT2D eigenvalue weighted by atomic mass is 32.2. The maximum atomic E-state index is 12.4. The first kappa shape index (κ1) is 14.8. The van der Waals surface area contributed by atoms with Gasteiger partial charge < -0.3 is 4.18 Å². The zero-order chi connectivity index (χ0) is 15.9. The predicted molar refractivity (Wildman–Crippen MR) is 82.8 cm³/mol. The van der Waals surface area contributed by atoms with E-state index in [4.69, 9.17) is 4.18 Å². The van der Waals surface area contributed by atoms with Crippen molar-refractivity contribution in [2.45, 2.75) is 31.6 Å². The summed E-state index contributed by atoms with van der Waals surface area (Å²) in [5.41, 5.74) is 2.95. The van der Waals surface area contributed by atoms with Crippen molar-refractivity contribution in [3.63, 3.8) is 0 Å². The standard InChI is InChI=1S/C17H16O4S/c1-11-3-6-13(7-4-11)22(19,20)21-17-12(2)5-8-14-15(17)9-10-16(14)18/h3-8H,9-10H2,1-2H3. The van der Waals surface area contributed by atoms with Crippen LogP contribution in [0, 0.1) is 13.8 Å². The summed E-state index contributed by atoms with van der Waals surface area (Å²) in [5, 5.41) is 0. The van der Waals surface area contributed by atoms with Gasteiger partial charge in [0, 0.05) is 17.5 Å². The van der Waals surface area contributed by atoms with Crippen molar-refractivity contribution in [1.29, 1.82) is 0 Å². The minimum absolute atomic E-state index is 0.0348. The van der Waals surface area contributed by atoms with E-state index in [0.717, 1.165) is 5.56 Å². The second-order valence-corrected chi connectivity index (χ2v) is 7.06. The van der Waals surface area contributed by atoms with E-state index in [9.17, 15) is 13.2 Å². The van der Waals surface area contributed by atoms with Crippen LogP contribution < -0.4 is 4.18 Å². The second-order valence-electron chi connectivity index (χ2n) is 5.51. The topological polar surface area (TPSA) is 60.4 Å². The molecule has 0 spiro atoms. The van der Waals surface area contributed by atoms with Crippen molar-refractivity contribution >= 4 is 15.9 Å². The van der Waals surface area contributed by atoms with Gasteiger partial charge in [0.2, 0.25) is 0 Å². The number of fused-ring (bicyclic) bond motifs is 1. The molecule has 2 aromatic carbocycles. The molecule has 0 fully saturated rings. The molecule has 0 saturated heterocycles. The quantitative estimate of drug-likeness (QED) is 0.816. The first-order valence-corrected chi connectivity index (χ1v) is 8.46. The van der Waals surface area contributed by atoms with Gasteiger partial charge in [-0.2, -0.15) is 8.42 Å². The van der Waals surface area contributed by atoms with Crippen LogP contribution in [0.15, 0.2) is 41.3 Å². The molecule has 0 N–H and O–H groups in total. The Morgan fingerprint density at radius 3 is 2.32 bits per heavy atom. The molecule has 0 bridgehead atoms. The smallest absolute Gasteiger partial charge is 0.339 e. The lowest BCUT2D eigenvalue weighted by Gasteiger charge is -2.13. The third-order valence-corrected chi connectivity index (χ3v) is 5.10. The number of Topliss-reactive ketones (excluding diaryl/α,β-unsaturated/α-hetero) is 1. The van der Waals surface area contributed by atoms with Crippen molar-refractivity contribution in [1.82, 2.24) is 0 Å². The van der Waals surface area contributed by atoms with E-state index in [2.05, 4.69) is 0 Å². The van der Waals surface area contributed by atoms with Crippen LogP contribution in [0.3, 0.4) is 0 Å². The van der Waals surface area contributed by atoms with Crippen LogP contribution in [-0.2, 0) is 16.5 Å². The molecule has 0 radical (unpaired) electrons. The zero-order valence-electron chi connectivity index (χ0n) is 12.4. The summed E-state index contributed by atoms with van der Waals surface area (Å²) in [6.45, 7) is 3.67. The van der Waals surface area contributed by atoms with Crippen LogP contribution in [0.2, 0.25) is 0 Å². The summed E-state index contributed by atoms with van der Waals surface area (Å²) >= 11 is 0. The normalized spacial score (nSPS) is 14.0. The summed E-state index contributed by atoms with van der Waals surface area (Å²) in [4.78, 5) is 11.9. The van der Waals surface area contributed by atoms with Gasteiger partial charge in [0.25, 0.3) is 0 Å². The average molecular weight is 316 g/mol. The molecule has 0 aromatic heterocycles. The molecule has 2 aromatic rings. The second kappa shape index (κ2) is 5.25. The molecule has 0 atom stereocenters. The Bertz CT molecular complexity index is 849. The van der Waals surface area contributed by atoms with Gasteiger partial charge in [-0.05, 0) is 38.0 Å². The van der Waals surface area contributed by atoms with E-state index >= 15 is 0 Å². The Morgan fingerprint density at radius 1 is 0.955 bits per heavy atom. The Kier molecular flexibility index (Phi) is 3.53. The maximum Gasteiger partial charge on any atom is 0.339 e. The van der Waals surface area contributed by atoms with Crippen molar-refractivity contribution in [2.24, 2.45) is 0 Å². The Labute approximate surface area is 129 Å². The first-order valence-electron chi connectivity index (χ1n) is 7.05. The van der Waals surface area contributed by atoms with Crippen molar-refractivity contribution in [3.05, 3.63) is 58.7 Å². The fourth-order valence-corrected chi connectivity index (χ4v) is 3.62. The molecule has 0 saturated carbocycles. The van der Waals surface area contributed by atoms with Crippen LogP contribution in [-0.4, -0.2) is 14.2 Å². The Balaban J connectivity index is 2.03. The lowest BCUT2D eigenvalue weighted by Crippen LogP contribution is -2.12. The number of hydrogen-bond acceptors (Lipinski definition) is 4. The van der Waals surface area contributed by atoms with Gasteiger partial charge in [0.05, 0.1) is 0 Å². The van der Waals surface area contributed by atoms with Crippen molar-refractivity contribution < 1.29 is 17.4 Å². The lowest BCUT2D eigenvalue weighted by atomic mass is 10.1. The number of ketones is 1. The fourth-order valence-electron chi connectivity index (χ4n) is 2.61. The summed E-state index contributed by atoms with van der Waals surface area (Å²) in [7, 11) is -3.90. The number of carbonyl (C=O) groups excluding carboxylic acids is 1. The highest BCUT2D eigenvalue weighted by Crippen LogP contribution is 2.35. The number of carbonyl (C=O) groups is 1. The molecule has 4 nitrogen and oxygen atoms in total. The first-order chi connectivity index (χ1) is 10.4. The molecule has 0 aliphatic heterocycles. The van der Waals surface area contributed by atoms with Crippen LogP contribution in [0.25, 0.3) is 0 Å². The summed E-state index contributed by atoms with van der Waals surface area (Å²) in [6, 6.07) is 9.96. The largest absolute Gasteiger partial charge is 0.378 e. The summed E-state index contributed by atoms with van der Waals surface area (Å²) < 4.78 is 30.2. The van der Waals surface area contributed by atoms with Crippen LogP contribution in [0.1, 0.15) is 33.5 Å². The molecule has 3 rings (SSSR count). The van der Waals surface area contributed by atoms with Gasteiger partial charge >= 0.3 is 10.1 Å². The molecule has 22 heavy (non-hydrogen) atoms. The summed E-state index contributed by atoms with van der Waals surface area (Å²) in [5.74, 6) is 0.330. The SMILES string of the molecule is Cc1ccc(S(=O)(=O)Oc2c(C)ccc3c2CCC3=O)cc1. The third-order valence-electron chi connectivity index (χ3n) is 3.86. The van der Waals surface area contributed by atoms with Gasteiger partial charge in [-0.15, -0.1) is 0 Å². The van der Waals surface area contributed by atoms with Crippen LogP contribution in [0.4, 0.5) is 0 Å². The van der Waals surface area contributed by atoms with E-state index in [-0.39, 0.29) is 10.7 Å². The van der Waals surface area contributed by atoms with E-state index < -0.39 is 10.1 Å². The third kappa shape index (κ3) is 2.52. The summed E-state index contributed by atoms with van der Waals surface area (Å²) in [6.07, 6.45) is 0.925. The van der Waals surface area contributed by atoms with Gasteiger partial charge in [0.1, 0.15) is 10.6 Å². The van der Waals surface area contributed by atoms with Gasteiger partial charge in [-0.25, -0.2) is 0 Å². The average Bonchev–Trinajstić information content (AvgIpc) is 2.84. The zero-order valence-corrected chi connectivity index (χ0v) is 13.2. The van der Waals surface area contributed by atoms with Crippen molar-refractivity contribution in [2.75, 3.05) is 0 Å². The number of aryl methyl sites for hydroxylation is 2. The van der Waals surface area contributed by atoms with E-state index in [1.165, 1.54) is 12.1 Å². The van der Waals surface area contributed by atoms with E-state index in [1.807, 2.05) is 6.92 Å². The molecule has 114 valence electrons. The molecular formula is C17H16O4S. The fraction of sp³-hybridized carbons (Fsp3) is 0.235. The lowest BCUT2D eigenvalue weighted by molar-refractivity contribution is 0.0994. The predicted octanol–water partition coefficient (Wildman–Crippen LogP) is 3.20. The molecule has 1 aliphatic rings. The van der Waals surface area contributed by atoms with Crippen molar-refractivity contribution in [3.8, 4) is 5.75 Å². The Hall–Kier alpha value is -2.14. The molecule has 0 unspecified atom stereocenters. The van der Waals surface area contributed by atoms with Gasteiger partial charge in [-0.3, -0.25) is 4.79 Å². The highest BCUT2D eigenvalue weighted by molar-refractivity contribution is 7.87. The maximum absolute atomic E-state index is 12.4. The number of hydrogen-bond donors (Lipinski definition) is 0. The van der Waals surface area contributed by atoms with Crippen LogP contribution in [0.5, 0.6) is 5.75 Å². The van der Waals surface area contributed by atoms with Gasteiger partial charge in [-0.1, -0.05) is 29.8 Å². The molecular weight excluding hydrogens is 300 g/mol. The van der Waals surface area contributed by atoms with E-state index in [1.54, 1.807) is 31.2 Å². The molecule has 5 heteroatoms. The number of benzene rings is 2. The molecule has 0 heterocycles. The minimum Gasteiger partial charge on any atom is -0.378 e. The number of rotatable bonds is 3.